The molecule has 0 aromatic heterocycles. The molecule has 0 spiro atoms. The van der Waals surface area contributed by atoms with Gasteiger partial charge in [0, 0.05) is 12.8 Å². The number of rotatable bonds is 6. The summed E-state index contributed by atoms with van der Waals surface area (Å²) in [5.41, 5.74) is 4.53. The smallest absolute Gasteiger partial charge is 0.303 e. The summed E-state index contributed by atoms with van der Waals surface area (Å²) in [5, 5.41) is 16.3. The Balaban J connectivity index is 0. The summed E-state index contributed by atoms with van der Waals surface area (Å²) in [6.45, 7) is 3.09. The molecule has 0 aliphatic rings. The minimum absolute atomic E-state index is 0.0628. The van der Waals surface area contributed by atoms with Crippen LogP contribution in [0.5, 0.6) is 0 Å². The lowest BCUT2D eigenvalue weighted by Gasteiger charge is -1.92. The van der Waals surface area contributed by atoms with E-state index < -0.39 is 17.8 Å². The second-order valence-electron chi connectivity index (χ2n) is 2.60. The molecule has 0 aromatic carbocycles. The average Bonchev–Trinajstić information content (AvgIpc) is 2.13. The highest BCUT2D eigenvalue weighted by molar-refractivity contribution is 5.84. The van der Waals surface area contributed by atoms with Crippen LogP contribution in [0.1, 0.15) is 25.7 Å². The van der Waals surface area contributed by atoms with Gasteiger partial charge in [-0.05, 0) is 18.9 Å². The van der Waals surface area contributed by atoms with Crippen LogP contribution in [0.15, 0.2) is 12.7 Å². The molecule has 0 unspecified atom stereocenters. The van der Waals surface area contributed by atoms with Gasteiger partial charge < -0.3 is 15.9 Å². The van der Waals surface area contributed by atoms with Crippen molar-refractivity contribution in [2.75, 3.05) is 0 Å². The SMILES string of the molecule is C=CC(N)=O.O=C(O)CCCCC(=O)O. The van der Waals surface area contributed by atoms with Crippen molar-refractivity contribution < 1.29 is 24.6 Å². The molecule has 86 valence electrons. The van der Waals surface area contributed by atoms with E-state index in [-0.39, 0.29) is 12.8 Å². The second kappa shape index (κ2) is 10.2. The number of carboxylic acids is 2. The predicted octanol–water partition coefficient (Wildman–Crippen LogP) is 0.374. The Morgan fingerprint density at radius 2 is 1.33 bits per heavy atom. The maximum Gasteiger partial charge on any atom is 0.303 e. The fraction of sp³-hybridized carbons (Fsp3) is 0.444. The Morgan fingerprint density at radius 1 is 1.07 bits per heavy atom. The Bertz CT molecular complexity index is 221. The first-order valence-electron chi connectivity index (χ1n) is 4.25. The Labute approximate surface area is 87.4 Å². The van der Waals surface area contributed by atoms with Gasteiger partial charge in [-0.2, -0.15) is 0 Å². The number of hydrogen-bond acceptors (Lipinski definition) is 3. The molecule has 0 heterocycles. The number of nitrogens with two attached hydrogens (primary N) is 1. The third-order valence-electron chi connectivity index (χ3n) is 1.23. The molecule has 0 fully saturated rings. The Kier molecular flexibility index (Phi) is 10.7. The number of carbonyl (C=O) groups excluding carboxylic acids is 1. The number of amides is 1. The largest absolute Gasteiger partial charge is 0.481 e. The zero-order valence-electron chi connectivity index (χ0n) is 8.31. The lowest BCUT2D eigenvalue weighted by Crippen LogP contribution is -2.04. The highest BCUT2D eigenvalue weighted by Crippen LogP contribution is 1.98. The number of hydrogen-bond donors (Lipinski definition) is 3. The molecule has 15 heavy (non-hydrogen) atoms. The van der Waals surface area contributed by atoms with Gasteiger partial charge in [0.2, 0.25) is 5.91 Å². The van der Waals surface area contributed by atoms with Gasteiger partial charge in [-0.15, -0.1) is 0 Å². The summed E-state index contributed by atoms with van der Waals surface area (Å²) in [5.74, 6) is -2.22. The quantitative estimate of drug-likeness (QED) is 0.439. The van der Waals surface area contributed by atoms with Crippen LogP contribution in [-0.2, 0) is 14.4 Å². The van der Waals surface area contributed by atoms with E-state index >= 15 is 0 Å². The lowest BCUT2D eigenvalue weighted by molar-refractivity contribution is -0.139. The van der Waals surface area contributed by atoms with Gasteiger partial charge in [0.15, 0.2) is 0 Å². The molecule has 0 atom stereocenters. The highest BCUT2D eigenvalue weighted by atomic mass is 16.4. The van der Waals surface area contributed by atoms with Gasteiger partial charge in [0.25, 0.3) is 0 Å². The summed E-state index contributed by atoms with van der Waals surface area (Å²) in [6.07, 6.45) is 2.07. The molecule has 6 heteroatoms. The third kappa shape index (κ3) is 24.5. The molecule has 0 aliphatic heterocycles. The molecule has 1 amide bonds. The number of primary amides is 1. The molecule has 0 saturated carbocycles. The van der Waals surface area contributed by atoms with Crippen molar-refractivity contribution in [2.45, 2.75) is 25.7 Å². The van der Waals surface area contributed by atoms with Gasteiger partial charge >= 0.3 is 11.9 Å². The molecule has 0 aromatic rings. The van der Waals surface area contributed by atoms with E-state index in [1.807, 2.05) is 0 Å². The maximum absolute atomic E-state index is 9.90. The number of aliphatic carboxylic acids is 2. The van der Waals surface area contributed by atoms with E-state index in [0.29, 0.717) is 12.8 Å². The van der Waals surface area contributed by atoms with E-state index in [1.165, 1.54) is 0 Å². The van der Waals surface area contributed by atoms with Crippen molar-refractivity contribution in [2.24, 2.45) is 5.73 Å². The fourth-order valence-corrected chi connectivity index (χ4v) is 0.552. The first kappa shape index (κ1) is 15.6. The normalized spacial score (nSPS) is 8.27. The van der Waals surface area contributed by atoms with Gasteiger partial charge in [-0.25, -0.2) is 0 Å². The van der Waals surface area contributed by atoms with Crippen LogP contribution < -0.4 is 5.73 Å². The van der Waals surface area contributed by atoms with E-state index in [0.717, 1.165) is 6.08 Å². The molecule has 0 bridgehead atoms. The summed E-state index contributed by atoms with van der Waals surface area (Å²) in [6, 6.07) is 0. The van der Waals surface area contributed by atoms with Gasteiger partial charge in [0.05, 0.1) is 0 Å². The van der Waals surface area contributed by atoms with Gasteiger partial charge in [0.1, 0.15) is 0 Å². The van der Waals surface area contributed by atoms with Crippen LogP contribution in [0.25, 0.3) is 0 Å². The van der Waals surface area contributed by atoms with Gasteiger partial charge in [-0.1, -0.05) is 6.58 Å². The Hall–Kier alpha value is -1.85. The molecular weight excluding hydrogens is 202 g/mol. The number of carbonyl (C=O) groups is 3. The molecule has 0 aliphatic carbocycles. The Morgan fingerprint density at radius 3 is 1.47 bits per heavy atom. The zero-order chi connectivity index (χ0) is 12.3. The van der Waals surface area contributed by atoms with Gasteiger partial charge in [-0.3, -0.25) is 14.4 Å². The third-order valence-corrected chi connectivity index (χ3v) is 1.23. The van der Waals surface area contributed by atoms with E-state index in [1.54, 1.807) is 0 Å². The standard InChI is InChI=1S/C6H10O4.C3H5NO/c7-5(8)3-1-2-4-6(9)10;1-2-3(4)5/h1-4H2,(H,7,8)(H,9,10);2H,1H2,(H2,4,5). The molecule has 4 N–H and O–H groups in total. The van der Waals surface area contributed by atoms with E-state index in [2.05, 4.69) is 12.3 Å². The van der Waals surface area contributed by atoms with Crippen molar-refractivity contribution in [3.8, 4) is 0 Å². The van der Waals surface area contributed by atoms with Crippen molar-refractivity contribution >= 4 is 17.8 Å². The summed E-state index contributed by atoms with van der Waals surface area (Å²) >= 11 is 0. The zero-order valence-corrected chi connectivity index (χ0v) is 8.31. The van der Waals surface area contributed by atoms with Crippen molar-refractivity contribution in [1.29, 1.82) is 0 Å². The molecule has 6 nitrogen and oxygen atoms in total. The average molecular weight is 217 g/mol. The molecule has 0 radical (unpaired) electrons. The van der Waals surface area contributed by atoms with E-state index in [4.69, 9.17) is 10.2 Å². The first-order chi connectivity index (χ1) is 6.90. The van der Waals surface area contributed by atoms with Crippen LogP contribution >= 0.6 is 0 Å². The monoisotopic (exact) mass is 217 g/mol. The van der Waals surface area contributed by atoms with Crippen molar-refractivity contribution in [3.05, 3.63) is 12.7 Å². The van der Waals surface area contributed by atoms with E-state index in [9.17, 15) is 14.4 Å². The minimum atomic E-state index is -0.870. The van der Waals surface area contributed by atoms with Crippen LogP contribution in [0.2, 0.25) is 0 Å². The summed E-state index contributed by atoms with van der Waals surface area (Å²) in [7, 11) is 0. The summed E-state index contributed by atoms with van der Waals surface area (Å²) < 4.78 is 0. The topological polar surface area (TPSA) is 118 Å². The second-order valence-corrected chi connectivity index (χ2v) is 2.60. The van der Waals surface area contributed by atoms with Crippen LogP contribution in [0, 0.1) is 0 Å². The molecule has 0 rings (SSSR count). The number of carboxylic acid groups (broad SMARTS) is 2. The summed E-state index contributed by atoms with van der Waals surface area (Å²) in [4.78, 5) is 29.3. The van der Waals surface area contributed by atoms with Crippen LogP contribution in [-0.4, -0.2) is 28.1 Å². The minimum Gasteiger partial charge on any atom is -0.481 e. The van der Waals surface area contributed by atoms with Crippen LogP contribution in [0.4, 0.5) is 0 Å². The fourth-order valence-electron chi connectivity index (χ4n) is 0.552. The number of unbranched alkanes of at least 4 members (excludes halogenated alkanes) is 1. The van der Waals surface area contributed by atoms with Crippen LogP contribution in [0.3, 0.4) is 0 Å². The first-order valence-corrected chi connectivity index (χ1v) is 4.25. The van der Waals surface area contributed by atoms with Crippen molar-refractivity contribution in [3.63, 3.8) is 0 Å². The lowest BCUT2D eigenvalue weighted by atomic mass is 10.2. The maximum atomic E-state index is 9.90. The molecular formula is C9H15NO5. The predicted molar refractivity (Wildman–Crippen MR) is 53.1 cm³/mol. The van der Waals surface area contributed by atoms with Crippen molar-refractivity contribution in [1.82, 2.24) is 0 Å². The highest BCUT2D eigenvalue weighted by Gasteiger charge is 1.99. The molecule has 0 saturated heterocycles.